The number of hydrogen-bond acceptors (Lipinski definition) is 5. The molecule has 1 N–H and O–H groups in total. The van der Waals surface area contributed by atoms with Crippen LogP contribution in [-0.4, -0.2) is 57.7 Å². The van der Waals surface area contributed by atoms with Gasteiger partial charge in [-0.25, -0.2) is 9.97 Å². The van der Waals surface area contributed by atoms with Gasteiger partial charge in [0.25, 0.3) is 5.91 Å². The Morgan fingerprint density at radius 1 is 1.23 bits per heavy atom. The lowest BCUT2D eigenvalue weighted by atomic mass is 9.69. The van der Waals surface area contributed by atoms with Gasteiger partial charge in [0.15, 0.2) is 0 Å². The number of rotatable bonds is 3. The van der Waals surface area contributed by atoms with E-state index in [0.717, 1.165) is 37.6 Å². The Labute approximate surface area is 155 Å². The van der Waals surface area contributed by atoms with Crippen LogP contribution in [0.1, 0.15) is 61.5 Å². The summed E-state index contributed by atoms with van der Waals surface area (Å²) in [6.45, 7) is 6.98. The highest BCUT2D eigenvalue weighted by Gasteiger charge is 2.51. The van der Waals surface area contributed by atoms with Crippen LogP contribution < -0.4 is 4.90 Å². The molecule has 2 atom stereocenters. The summed E-state index contributed by atoms with van der Waals surface area (Å²) in [6.07, 6.45) is 8.65. The standard InChI is InChI=1S/C20H30N4O2/c1-14-12-24(13-20(14,26)16-7-6-8-16)18(25)17-11-21-19(22-15(17)2)23-9-4-3-5-10-23/h11,14,16,26H,3-10,12-13H2,1-2H3/t14?,20-/m0/s1. The van der Waals surface area contributed by atoms with E-state index in [1.165, 1.54) is 25.7 Å². The summed E-state index contributed by atoms with van der Waals surface area (Å²) in [5, 5.41) is 11.1. The third kappa shape index (κ3) is 2.98. The zero-order valence-electron chi connectivity index (χ0n) is 15.9. The number of hydrogen-bond donors (Lipinski definition) is 1. The number of likely N-dealkylation sites (tertiary alicyclic amines) is 1. The van der Waals surface area contributed by atoms with Gasteiger partial charge >= 0.3 is 0 Å². The molecule has 2 saturated heterocycles. The van der Waals surface area contributed by atoms with E-state index in [-0.39, 0.29) is 11.8 Å². The summed E-state index contributed by atoms with van der Waals surface area (Å²) in [5.74, 6) is 1.15. The lowest BCUT2D eigenvalue weighted by Gasteiger charge is -2.41. The fourth-order valence-corrected chi connectivity index (χ4v) is 4.69. The molecule has 0 radical (unpaired) electrons. The first-order valence-corrected chi connectivity index (χ1v) is 10.1. The monoisotopic (exact) mass is 358 g/mol. The maximum Gasteiger partial charge on any atom is 0.257 e. The number of carbonyl (C=O) groups is 1. The SMILES string of the molecule is Cc1nc(N2CCCCC2)ncc1C(=O)N1CC(C)[C@](O)(C2CCC2)C1. The molecule has 4 rings (SSSR count). The predicted octanol–water partition coefficient (Wildman–Crippen LogP) is 2.40. The highest BCUT2D eigenvalue weighted by atomic mass is 16.3. The number of aromatic nitrogens is 2. The van der Waals surface area contributed by atoms with Crippen molar-refractivity contribution in [2.24, 2.45) is 11.8 Å². The normalized spacial score (nSPS) is 29.7. The van der Waals surface area contributed by atoms with E-state index in [1.807, 2.05) is 6.92 Å². The van der Waals surface area contributed by atoms with E-state index in [2.05, 4.69) is 21.8 Å². The van der Waals surface area contributed by atoms with Crippen molar-refractivity contribution in [3.05, 3.63) is 17.5 Å². The number of anilines is 1. The molecule has 1 aromatic heterocycles. The van der Waals surface area contributed by atoms with E-state index in [9.17, 15) is 9.90 Å². The molecule has 3 heterocycles. The molecule has 3 aliphatic rings. The molecule has 6 heteroatoms. The number of nitrogens with zero attached hydrogens (tertiary/aromatic N) is 4. The van der Waals surface area contributed by atoms with Gasteiger partial charge in [0, 0.05) is 31.7 Å². The van der Waals surface area contributed by atoms with Gasteiger partial charge in [-0.1, -0.05) is 13.3 Å². The number of aliphatic hydroxyl groups is 1. The van der Waals surface area contributed by atoms with Crippen molar-refractivity contribution in [3.8, 4) is 0 Å². The van der Waals surface area contributed by atoms with Crippen LogP contribution in [0.15, 0.2) is 6.20 Å². The van der Waals surface area contributed by atoms with Crippen molar-refractivity contribution in [3.63, 3.8) is 0 Å². The lowest BCUT2D eigenvalue weighted by Crippen LogP contribution is -2.48. The van der Waals surface area contributed by atoms with Gasteiger partial charge in [0.05, 0.1) is 23.4 Å². The first kappa shape index (κ1) is 17.7. The molecule has 0 spiro atoms. The van der Waals surface area contributed by atoms with Crippen LogP contribution in [0.2, 0.25) is 0 Å². The van der Waals surface area contributed by atoms with Gasteiger partial charge in [0.1, 0.15) is 0 Å². The van der Waals surface area contributed by atoms with Gasteiger partial charge in [-0.05, 0) is 44.9 Å². The minimum Gasteiger partial charge on any atom is -0.387 e. The Morgan fingerprint density at radius 3 is 2.58 bits per heavy atom. The molecule has 142 valence electrons. The number of β-amino-alcohol motifs (C(OH)–C–C–N with tert-alkyl or cyclic N) is 1. The van der Waals surface area contributed by atoms with Gasteiger partial charge in [0.2, 0.25) is 5.95 Å². The van der Waals surface area contributed by atoms with Crippen LogP contribution in [0.3, 0.4) is 0 Å². The summed E-state index contributed by atoms with van der Waals surface area (Å²) in [5.41, 5.74) is 0.573. The summed E-state index contributed by atoms with van der Waals surface area (Å²) in [7, 11) is 0. The molecule has 1 unspecified atom stereocenters. The van der Waals surface area contributed by atoms with Gasteiger partial charge in [-0.2, -0.15) is 0 Å². The molecule has 1 aromatic rings. The van der Waals surface area contributed by atoms with E-state index in [0.29, 0.717) is 24.6 Å². The first-order chi connectivity index (χ1) is 12.5. The van der Waals surface area contributed by atoms with E-state index >= 15 is 0 Å². The summed E-state index contributed by atoms with van der Waals surface area (Å²) >= 11 is 0. The highest BCUT2D eigenvalue weighted by Crippen LogP contribution is 2.44. The van der Waals surface area contributed by atoms with Crippen molar-refractivity contribution >= 4 is 11.9 Å². The Bertz CT molecular complexity index is 684. The van der Waals surface area contributed by atoms with Crippen molar-refractivity contribution < 1.29 is 9.90 Å². The van der Waals surface area contributed by atoms with E-state index < -0.39 is 5.60 Å². The molecule has 6 nitrogen and oxygen atoms in total. The van der Waals surface area contributed by atoms with Gasteiger partial charge < -0.3 is 14.9 Å². The van der Waals surface area contributed by atoms with Crippen LogP contribution in [0.5, 0.6) is 0 Å². The number of piperidine rings is 1. The lowest BCUT2D eigenvalue weighted by molar-refractivity contribution is -0.0660. The molecular weight excluding hydrogens is 328 g/mol. The number of aryl methyl sites for hydroxylation is 1. The van der Waals surface area contributed by atoms with Crippen molar-refractivity contribution in [1.82, 2.24) is 14.9 Å². The molecule has 0 bridgehead atoms. The third-order valence-electron chi connectivity index (χ3n) is 6.73. The highest BCUT2D eigenvalue weighted by molar-refractivity contribution is 5.95. The maximum absolute atomic E-state index is 13.0. The molecular formula is C20H30N4O2. The van der Waals surface area contributed by atoms with Crippen LogP contribution in [-0.2, 0) is 0 Å². The fourth-order valence-electron chi connectivity index (χ4n) is 4.69. The average Bonchev–Trinajstić information content (AvgIpc) is 2.89. The summed E-state index contributed by atoms with van der Waals surface area (Å²) in [6, 6.07) is 0. The summed E-state index contributed by atoms with van der Waals surface area (Å²) in [4.78, 5) is 26.1. The smallest absolute Gasteiger partial charge is 0.257 e. The Hall–Kier alpha value is -1.69. The van der Waals surface area contributed by atoms with Crippen LogP contribution in [0.4, 0.5) is 5.95 Å². The Kier molecular flexibility index (Phi) is 4.63. The van der Waals surface area contributed by atoms with E-state index in [1.54, 1.807) is 11.1 Å². The molecule has 26 heavy (non-hydrogen) atoms. The minimum atomic E-state index is -0.726. The topological polar surface area (TPSA) is 69.6 Å². The first-order valence-electron chi connectivity index (χ1n) is 10.1. The van der Waals surface area contributed by atoms with Crippen molar-refractivity contribution in [2.75, 3.05) is 31.1 Å². The zero-order chi connectivity index (χ0) is 18.3. The van der Waals surface area contributed by atoms with Gasteiger partial charge in [-0.3, -0.25) is 4.79 Å². The second-order valence-corrected chi connectivity index (χ2v) is 8.42. The zero-order valence-corrected chi connectivity index (χ0v) is 15.9. The predicted molar refractivity (Wildman–Crippen MR) is 100 cm³/mol. The van der Waals surface area contributed by atoms with Crippen molar-refractivity contribution in [1.29, 1.82) is 0 Å². The molecule has 1 amide bonds. The maximum atomic E-state index is 13.0. The number of amides is 1. The molecule has 3 fully saturated rings. The Balaban J connectivity index is 1.49. The quantitative estimate of drug-likeness (QED) is 0.898. The largest absolute Gasteiger partial charge is 0.387 e. The van der Waals surface area contributed by atoms with E-state index in [4.69, 9.17) is 0 Å². The molecule has 1 saturated carbocycles. The average molecular weight is 358 g/mol. The molecule has 1 aliphatic carbocycles. The second kappa shape index (κ2) is 6.80. The van der Waals surface area contributed by atoms with Crippen molar-refractivity contribution in [2.45, 2.75) is 58.0 Å². The molecule has 2 aliphatic heterocycles. The van der Waals surface area contributed by atoms with Crippen LogP contribution in [0, 0.1) is 18.8 Å². The number of carbonyl (C=O) groups excluding carboxylic acids is 1. The van der Waals surface area contributed by atoms with Crippen LogP contribution in [0.25, 0.3) is 0 Å². The fraction of sp³-hybridized carbons (Fsp3) is 0.750. The molecule has 0 aromatic carbocycles. The van der Waals surface area contributed by atoms with Gasteiger partial charge in [-0.15, -0.1) is 0 Å². The summed E-state index contributed by atoms with van der Waals surface area (Å²) < 4.78 is 0. The van der Waals surface area contributed by atoms with Crippen LogP contribution >= 0.6 is 0 Å². The second-order valence-electron chi connectivity index (χ2n) is 8.42. The minimum absolute atomic E-state index is 0.0465. The Morgan fingerprint density at radius 2 is 1.96 bits per heavy atom. The third-order valence-corrected chi connectivity index (χ3v) is 6.73.